The number of anilines is 1. The first kappa shape index (κ1) is 26.2. The number of aromatic nitrogens is 3. The number of hydrazone groups is 1. The molecule has 0 saturated heterocycles. The molecule has 0 radical (unpaired) electrons. The number of rotatable bonds is 14. The summed E-state index contributed by atoms with van der Waals surface area (Å²) in [6, 6.07) is 15.8. The van der Waals surface area contributed by atoms with Crippen molar-refractivity contribution in [3.8, 4) is 11.5 Å². The summed E-state index contributed by atoms with van der Waals surface area (Å²) in [5.74, 6) is 1.39. The fourth-order valence-corrected chi connectivity index (χ4v) is 4.47. The number of nitrogens with two attached hydrogens (primary N) is 1. The standard InChI is InChI=1S/C27H32N6O3S/c1-2-3-4-7-15-35-21-10-12-22(13-11-21)36-16-14-33-19-20(23-8-5-6-9-24(23)33)18-29-30-25(34)17-26-31-32-27(28)37-26/h5-6,8-13,18-19H,2-4,7,14-17H2,1H3,(H2,28,32)(H,30,34)/b29-18+. The molecule has 0 aliphatic carbocycles. The molecule has 4 rings (SSSR count). The van der Waals surface area contributed by atoms with E-state index in [2.05, 4.69) is 38.3 Å². The molecule has 4 aromatic rings. The Hall–Kier alpha value is -3.92. The van der Waals surface area contributed by atoms with E-state index in [9.17, 15) is 4.79 Å². The van der Waals surface area contributed by atoms with Gasteiger partial charge in [0.05, 0.1) is 25.8 Å². The van der Waals surface area contributed by atoms with Gasteiger partial charge >= 0.3 is 0 Å². The molecule has 2 heterocycles. The molecule has 0 saturated carbocycles. The number of unbranched alkanes of at least 4 members (excludes halogenated alkanes) is 3. The number of para-hydroxylation sites is 1. The molecule has 0 fully saturated rings. The SMILES string of the molecule is CCCCCCOc1ccc(OCCn2cc(/C=N/NC(=O)Cc3nnc(N)s3)c3ccccc32)cc1. The number of hydrogen-bond acceptors (Lipinski definition) is 8. The van der Waals surface area contributed by atoms with E-state index in [1.165, 1.54) is 30.6 Å². The van der Waals surface area contributed by atoms with Gasteiger partial charge in [0.25, 0.3) is 0 Å². The highest BCUT2D eigenvalue weighted by Gasteiger charge is 2.09. The van der Waals surface area contributed by atoms with Gasteiger partial charge in [-0.2, -0.15) is 5.10 Å². The Morgan fingerprint density at radius 3 is 2.54 bits per heavy atom. The van der Waals surface area contributed by atoms with Crippen molar-refractivity contribution < 1.29 is 14.3 Å². The third kappa shape index (κ3) is 7.78. The Bertz CT molecular complexity index is 1320. The molecule has 0 aliphatic heterocycles. The Morgan fingerprint density at radius 1 is 1.05 bits per heavy atom. The van der Waals surface area contributed by atoms with Gasteiger partial charge in [0, 0.05) is 22.7 Å². The van der Waals surface area contributed by atoms with Gasteiger partial charge in [0.15, 0.2) is 0 Å². The maximum atomic E-state index is 12.1. The lowest BCUT2D eigenvalue weighted by atomic mass is 10.2. The van der Waals surface area contributed by atoms with Gasteiger partial charge in [-0.3, -0.25) is 4.79 Å². The predicted octanol–water partition coefficient (Wildman–Crippen LogP) is 4.81. The van der Waals surface area contributed by atoms with Gasteiger partial charge in [-0.05, 0) is 36.8 Å². The van der Waals surface area contributed by atoms with Gasteiger partial charge in [-0.25, -0.2) is 5.43 Å². The lowest BCUT2D eigenvalue weighted by Crippen LogP contribution is -2.19. The van der Waals surface area contributed by atoms with Crippen molar-refractivity contribution in [3.63, 3.8) is 0 Å². The molecular formula is C27H32N6O3S. The smallest absolute Gasteiger partial charge is 0.247 e. The van der Waals surface area contributed by atoms with Gasteiger partial charge in [-0.1, -0.05) is 55.7 Å². The quantitative estimate of drug-likeness (QED) is 0.140. The number of nitrogen functional groups attached to an aromatic ring is 1. The number of nitrogens with zero attached hydrogens (tertiary/aromatic N) is 4. The minimum Gasteiger partial charge on any atom is -0.494 e. The zero-order valence-electron chi connectivity index (χ0n) is 20.9. The Kier molecular flexibility index (Phi) is 9.47. The second-order valence-corrected chi connectivity index (χ2v) is 9.62. The third-order valence-electron chi connectivity index (χ3n) is 5.70. The van der Waals surface area contributed by atoms with E-state index >= 15 is 0 Å². The number of ether oxygens (including phenoxy) is 2. The van der Waals surface area contributed by atoms with Crippen molar-refractivity contribution >= 4 is 39.5 Å². The summed E-state index contributed by atoms with van der Waals surface area (Å²) < 4.78 is 13.9. The van der Waals surface area contributed by atoms with Crippen LogP contribution in [0.1, 0.15) is 43.2 Å². The summed E-state index contributed by atoms with van der Waals surface area (Å²) in [5.41, 5.74) is 10.1. The number of benzene rings is 2. The van der Waals surface area contributed by atoms with Crippen LogP contribution in [0.5, 0.6) is 11.5 Å². The second-order valence-electron chi connectivity index (χ2n) is 8.53. The van der Waals surface area contributed by atoms with Crippen molar-refractivity contribution in [3.05, 3.63) is 65.3 Å². The molecule has 2 aromatic carbocycles. The molecule has 0 aliphatic rings. The summed E-state index contributed by atoms with van der Waals surface area (Å²) in [7, 11) is 0. The summed E-state index contributed by atoms with van der Waals surface area (Å²) in [6.45, 7) is 4.12. The van der Waals surface area contributed by atoms with E-state index in [0.29, 0.717) is 23.3 Å². The fraction of sp³-hybridized carbons (Fsp3) is 0.333. The normalized spacial score (nSPS) is 11.3. The predicted molar refractivity (Wildman–Crippen MR) is 147 cm³/mol. The number of hydrogen-bond donors (Lipinski definition) is 2. The van der Waals surface area contributed by atoms with Crippen molar-refractivity contribution in [2.75, 3.05) is 18.9 Å². The monoisotopic (exact) mass is 520 g/mol. The van der Waals surface area contributed by atoms with Crippen LogP contribution < -0.4 is 20.6 Å². The van der Waals surface area contributed by atoms with Gasteiger partial charge in [0.2, 0.25) is 11.0 Å². The first-order valence-corrected chi connectivity index (χ1v) is 13.3. The van der Waals surface area contributed by atoms with Crippen molar-refractivity contribution in [1.29, 1.82) is 0 Å². The lowest BCUT2D eigenvalue weighted by molar-refractivity contribution is -0.120. The van der Waals surface area contributed by atoms with Crippen LogP contribution in [0.15, 0.2) is 59.8 Å². The molecule has 37 heavy (non-hydrogen) atoms. The van der Waals surface area contributed by atoms with E-state index in [4.69, 9.17) is 15.2 Å². The molecule has 194 valence electrons. The van der Waals surface area contributed by atoms with E-state index in [1.807, 2.05) is 48.7 Å². The topological polar surface area (TPSA) is 117 Å². The van der Waals surface area contributed by atoms with Gasteiger partial charge < -0.3 is 19.8 Å². The van der Waals surface area contributed by atoms with E-state index in [-0.39, 0.29) is 12.3 Å². The molecule has 0 atom stereocenters. The minimum atomic E-state index is -0.280. The van der Waals surface area contributed by atoms with Crippen molar-refractivity contribution in [1.82, 2.24) is 20.2 Å². The van der Waals surface area contributed by atoms with Gasteiger partial charge in [0.1, 0.15) is 23.1 Å². The average molecular weight is 521 g/mol. The summed E-state index contributed by atoms with van der Waals surface area (Å²) in [5, 5.41) is 13.6. The summed E-state index contributed by atoms with van der Waals surface area (Å²) in [4.78, 5) is 12.1. The number of nitrogens with one attached hydrogen (secondary N) is 1. The van der Waals surface area contributed by atoms with E-state index in [1.54, 1.807) is 6.21 Å². The molecule has 10 heteroatoms. The maximum absolute atomic E-state index is 12.1. The first-order chi connectivity index (χ1) is 18.1. The number of carbonyl (C=O) groups is 1. The molecule has 0 unspecified atom stereocenters. The van der Waals surface area contributed by atoms with E-state index < -0.39 is 0 Å². The Balaban J connectivity index is 1.29. The van der Waals surface area contributed by atoms with Crippen LogP contribution in [0.3, 0.4) is 0 Å². The van der Waals surface area contributed by atoms with E-state index in [0.717, 1.165) is 41.0 Å². The third-order valence-corrected chi connectivity index (χ3v) is 6.45. The molecule has 1 amide bonds. The highest BCUT2D eigenvalue weighted by Crippen LogP contribution is 2.21. The molecular weight excluding hydrogens is 488 g/mol. The van der Waals surface area contributed by atoms with Crippen LogP contribution >= 0.6 is 11.3 Å². The van der Waals surface area contributed by atoms with Crippen LogP contribution in [0.2, 0.25) is 0 Å². The number of carbonyl (C=O) groups excluding carboxylic acids is 1. The lowest BCUT2D eigenvalue weighted by Gasteiger charge is -2.10. The van der Waals surface area contributed by atoms with Crippen LogP contribution in [-0.4, -0.2) is 40.1 Å². The molecule has 9 nitrogen and oxygen atoms in total. The number of amides is 1. The highest BCUT2D eigenvalue weighted by atomic mass is 32.1. The molecule has 2 aromatic heterocycles. The van der Waals surface area contributed by atoms with Crippen LogP contribution in [-0.2, 0) is 17.8 Å². The molecule has 0 spiro atoms. The van der Waals surface area contributed by atoms with Gasteiger partial charge in [-0.15, -0.1) is 10.2 Å². The zero-order valence-corrected chi connectivity index (χ0v) is 21.7. The largest absolute Gasteiger partial charge is 0.494 e. The van der Waals surface area contributed by atoms with Crippen molar-refractivity contribution in [2.45, 2.75) is 45.6 Å². The first-order valence-electron chi connectivity index (χ1n) is 12.5. The fourth-order valence-electron chi connectivity index (χ4n) is 3.86. The van der Waals surface area contributed by atoms with Crippen molar-refractivity contribution in [2.24, 2.45) is 5.10 Å². The summed E-state index contributed by atoms with van der Waals surface area (Å²) >= 11 is 1.18. The minimum absolute atomic E-state index is 0.0807. The molecule has 3 N–H and O–H groups in total. The van der Waals surface area contributed by atoms with Crippen LogP contribution in [0, 0.1) is 0 Å². The van der Waals surface area contributed by atoms with Crippen LogP contribution in [0.4, 0.5) is 5.13 Å². The Morgan fingerprint density at radius 2 is 1.81 bits per heavy atom. The number of fused-ring (bicyclic) bond motifs is 1. The molecule has 0 bridgehead atoms. The van der Waals surface area contributed by atoms with Crippen LogP contribution in [0.25, 0.3) is 10.9 Å². The second kappa shape index (κ2) is 13.4. The summed E-state index contributed by atoms with van der Waals surface area (Å²) in [6.07, 6.45) is 8.49. The highest BCUT2D eigenvalue weighted by molar-refractivity contribution is 7.15. The average Bonchev–Trinajstić information content (AvgIpc) is 3.47. The maximum Gasteiger partial charge on any atom is 0.247 e. The Labute approximate surface area is 220 Å². The zero-order chi connectivity index (χ0) is 25.9.